The van der Waals surface area contributed by atoms with Crippen molar-refractivity contribution in [1.82, 2.24) is 4.98 Å². The van der Waals surface area contributed by atoms with Crippen molar-refractivity contribution in [2.45, 2.75) is 33.1 Å². The first-order valence-electron chi connectivity index (χ1n) is 6.92. The van der Waals surface area contributed by atoms with Crippen LogP contribution >= 0.6 is 0 Å². The predicted octanol–water partition coefficient (Wildman–Crippen LogP) is 3.68. The summed E-state index contributed by atoms with van der Waals surface area (Å²) in [7, 11) is 0. The molecule has 5 heteroatoms. The third-order valence-corrected chi connectivity index (χ3v) is 3.01. The van der Waals surface area contributed by atoms with Crippen LogP contribution < -0.4 is 5.43 Å². The van der Waals surface area contributed by atoms with Crippen LogP contribution in [0.25, 0.3) is 0 Å². The van der Waals surface area contributed by atoms with Gasteiger partial charge in [-0.05, 0) is 17.5 Å². The molecule has 0 unspecified atom stereocenters. The maximum atomic E-state index is 9.02. The number of nitrogens with one attached hydrogen (secondary N) is 1. The fourth-order valence-corrected chi connectivity index (χ4v) is 1.74. The van der Waals surface area contributed by atoms with E-state index in [4.69, 9.17) is 9.68 Å². The highest BCUT2D eigenvalue weighted by Gasteiger charge is 2.14. The summed E-state index contributed by atoms with van der Waals surface area (Å²) >= 11 is 0. The van der Waals surface area contributed by atoms with E-state index in [0.717, 1.165) is 12.0 Å². The van der Waals surface area contributed by atoms with Gasteiger partial charge in [0.05, 0.1) is 6.21 Å². The largest absolute Gasteiger partial charge is 0.422 e. The molecule has 0 aliphatic heterocycles. The zero-order valence-corrected chi connectivity index (χ0v) is 12.4. The van der Waals surface area contributed by atoms with Crippen molar-refractivity contribution in [2.24, 2.45) is 5.10 Å². The van der Waals surface area contributed by atoms with E-state index in [1.54, 1.807) is 6.21 Å². The van der Waals surface area contributed by atoms with Crippen molar-refractivity contribution in [3.05, 3.63) is 47.0 Å². The fraction of sp³-hybridized carbons (Fsp3) is 0.312. The van der Waals surface area contributed by atoms with Crippen molar-refractivity contribution >= 4 is 12.1 Å². The van der Waals surface area contributed by atoms with Crippen LogP contribution in [0.2, 0.25) is 0 Å². The Balaban J connectivity index is 2.08. The number of nitrogens with zero attached hydrogens (tertiary/aromatic N) is 3. The number of hydrazone groups is 1. The van der Waals surface area contributed by atoms with E-state index < -0.39 is 0 Å². The minimum Gasteiger partial charge on any atom is -0.422 e. The minimum absolute atomic E-state index is 0.123. The third-order valence-electron chi connectivity index (χ3n) is 3.01. The molecule has 0 saturated heterocycles. The van der Waals surface area contributed by atoms with Gasteiger partial charge in [-0.15, -0.1) is 0 Å². The van der Waals surface area contributed by atoms with E-state index in [9.17, 15) is 0 Å². The molecule has 0 amide bonds. The Morgan fingerprint density at radius 3 is 2.67 bits per heavy atom. The lowest BCUT2D eigenvalue weighted by atomic mass is 10.1. The number of rotatable bonds is 5. The molecule has 0 aliphatic rings. The molecular weight excluding hydrogens is 264 g/mol. The highest BCUT2D eigenvalue weighted by Crippen LogP contribution is 2.21. The molecule has 2 rings (SSSR count). The normalized spacial score (nSPS) is 11.0. The van der Waals surface area contributed by atoms with Crippen molar-refractivity contribution in [3.63, 3.8) is 0 Å². The van der Waals surface area contributed by atoms with Crippen molar-refractivity contribution in [1.29, 1.82) is 5.26 Å². The number of hydrogen-bond acceptors (Lipinski definition) is 5. The summed E-state index contributed by atoms with van der Waals surface area (Å²) in [6, 6.07) is 10.1. The van der Waals surface area contributed by atoms with Crippen molar-refractivity contribution < 1.29 is 4.42 Å². The molecule has 0 spiro atoms. The van der Waals surface area contributed by atoms with Gasteiger partial charge in [-0.3, -0.25) is 0 Å². The van der Waals surface area contributed by atoms with E-state index in [-0.39, 0.29) is 17.5 Å². The van der Waals surface area contributed by atoms with Crippen LogP contribution in [-0.4, -0.2) is 11.2 Å². The molecule has 1 heterocycles. The summed E-state index contributed by atoms with van der Waals surface area (Å²) in [6.07, 6.45) is 2.69. The van der Waals surface area contributed by atoms with E-state index in [2.05, 4.69) is 34.6 Å². The summed E-state index contributed by atoms with van der Waals surface area (Å²) in [5.41, 5.74) is 5.21. The Morgan fingerprint density at radius 1 is 1.38 bits per heavy atom. The number of oxazole rings is 1. The third kappa shape index (κ3) is 3.69. The van der Waals surface area contributed by atoms with Crippen molar-refractivity contribution in [2.75, 3.05) is 5.43 Å². The van der Waals surface area contributed by atoms with Crippen LogP contribution in [-0.2, 0) is 6.42 Å². The number of aryl methyl sites for hydroxylation is 1. The monoisotopic (exact) mass is 282 g/mol. The second-order valence-corrected chi connectivity index (χ2v) is 4.96. The number of hydrogen-bond donors (Lipinski definition) is 1. The molecule has 2 aromatic rings. The SMILES string of the molecule is CCc1ccc(C=NNc2oc(C(C)C)nc2C#N)cc1. The van der Waals surface area contributed by atoms with Crippen LogP contribution in [0.3, 0.4) is 0 Å². The molecule has 0 atom stereocenters. The molecule has 0 fully saturated rings. The van der Waals surface area contributed by atoms with Crippen LogP contribution in [0.4, 0.5) is 5.88 Å². The molecule has 21 heavy (non-hydrogen) atoms. The van der Waals surface area contributed by atoms with Gasteiger partial charge in [0.15, 0.2) is 0 Å². The zero-order chi connectivity index (χ0) is 15.2. The first-order valence-corrected chi connectivity index (χ1v) is 6.92. The molecule has 0 bridgehead atoms. The van der Waals surface area contributed by atoms with E-state index in [1.807, 2.05) is 32.0 Å². The molecule has 1 aromatic heterocycles. The van der Waals surface area contributed by atoms with Gasteiger partial charge in [0.1, 0.15) is 6.07 Å². The summed E-state index contributed by atoms with van der Waals surface area (Å²) < 4.78 is 5.48. The van der Waals surface area contributed by atoms with Gasteiger partial charge >= 0.3 is 0 Å². The smallest absolute Gasteiger partial charge is 0.252 e. The van der Waals surface area contributed by atoms with Crippen LogP contribution in [0.5, 0.6) is 0 Å². The topological polar surface area (TPSA) is 74.2 Å². The average molecular weight is 282 g/mol. The second-order valence-electron chi connectivity index (χ2n) is 4.96. The summed E-state index contributed by atoms with van der Waals surface area (Å²) in [4.78, 5) is 4.11. The number of benzene rings is 1. The lowest BCUT2D eigenvalue weighted by Crippen LogP contribution is -1.91. The number of anilines is 1. The molecule has 1 N–H and O–H groups in total. The maximum absolute atomic E-state index is 9.02. The van der Waals surface area contributed by atoms with Gasteiger partial charge in [0.2, 0.25) is 11.6 Å². The van der Waals surface area contributed by atoms with Gasteiger partial charge in [0, 0.05) is 5.92 Å². The van der Waals surface area contributed by atoms with Crippen LogP contribution in [0, 0.1) is 11.3 Å². The second kappa shape index (κ2) is 6.71. The molecule has 108 valence electrons. The molecular formula is C16H18N4O. The Hall–Kier alpha value is -2.61. The Bertz CT molecular complexity index is 663. The Morgan fingerprint density at radius 2 is 2.10 bits per heavy atom. The van der Waals surface area contributed by atoms with Gasteiger partial charge < -0.3 is 4.42 Å². The first kappa shape index (κ1) is 14.8. The summed E-state index contributed by atoms with van der Waals surface area (Å²) in [6.45, 7) is 6.02. The highest BCUT2D eigenvalue weighted by atomic mass is 16.4. The van der Waals surface area contributed by atoms with E-state index >= 15 is 0 Å². The number of nitriles is 1. The van der Waals surface area contributed by atoms with E-state index in [1.165, 1.54) is 5.56 Å². The zero-order valence-electron chi connectivity index (χ0n) is 12.4. The summed E-state index contributed by atoms with van der Waals surface area (Å²) in [5, 5.41) is 13.1. The van der Waals surface area contributed by atoms with Gasteiger partial charge in [-0.25, -0.2) is 10.4 Å². The average Bonchev–Trinajstić information content (AvgIpc) is 2.91. The molecule has 1 aromatic carbocycles. The molecule has 0 aliphatic carbocycles. The van der Waals surface area contributed by atoms with Crippen molar-refractivity contribution in [3.8, 4) is 6.07 Å². The maximum Gasteiger partial charge on any atom is 0.252 e. The van der Waals surface area contributed by atoms with Crippen LogP contribution in [0.15, 0.2) is 33.8 Å². The molecule has 0 saturated carbocycles. The summed E-state index contributed by atoms with van der Waals surface area (Å²) in [5.74, 6) is 0.928. The van der Waals surface area contributed by atoms with Gasteiger partial charge in [-0.1, -0.05) is 45.0 Å². The standard InChI is InChI=1S/C16H18N4O/c1-4-12-5-7-13(8-6-12)10-18-20-16-14(9-17)19-15(21-16)11(2)3/h5-8,10-11,20H,4H2,1-3H3. The highest BCUT2D eigenvalue weighted by molar-refractivity contribution is 5.80. The predicted molar refractivity (Wildman–Crippen MR) is 82.3 cm³/mol. The van der Waals surface area contributed by atoms with E-state index in [0.29, 0.717) is 5.89 Å². The first-order chi connectivity index (χ1) is 10.1. The van der Waals surface area contributed by atoms with Gasteiger partial charge in [0.25, 0.3) is 5.88 Å². The van der Waals surface area contributed by atoms with Gasteiger partial charge in [-0.2, -0.15) is 10.4 Å². The molecule has 0 radical (unpaired) electrons. The van der Waals surface area contributed by atoms with Crippen LogP contribution in [0.1, 0.15) is 49.4 Å². The number of aromatic nitrogens is 1. The molecule has 5 nitrogen and oxygen atoms in total. The Labute approximate surface area is 124 Å². The lowest BCUT2D eigenvalue weighted by molar-refractivity contribution is 0.481. The quantitative estimate of drug-likeness (QED) is 0.670. The minimum atomic E-state index is 0.123. The Kier molecular flexibility index (Phi) is 4.72. The lowest BCUT2D eigenvalue weighted by Gasteiger charge is -1.98. The fourth-order valence-electron chi connectivity index (χ4n) is 1.74.